The average Bonchev–Trinajstić information content (AvgIpc) is 2.46. The Labute approximate surface area is 126 Å². The van der Waals surface area contributed by atoms with Crippen molar-refractivity contribution >= 4 is 11.4 Å². The van der Waals surface area contributed by atoms with Crippen LogP contribution >= 0.6 is 0 Å². The second-order valence-corrected chi connectivity index (χ2v) is 4.26. The summed E-state index contributed by atoms with van der Waals surface area (Å²) < 4.78 is 43.7. The summed E-state index contributed by atoms with van der Waals surface area (Å²) in [6.07, 6.45) is -4.97. The number of nitro benzene ring substituents is 2. The van der Waals surface area contributed by atoms with E-state index in [1.165, 1.54) is 18.2 Å². The molecule has 0 aliphatic heterocycles. The zero-order valence-corrected chi connectivity index (χ0v) is 11.1. The number of benzene rings is 2. The lowest BCUT2D eigenvalue weighted by atomic mass is 10.1. The molecule has 0 amide bonds. The summed E-state index contributed by atoms with van der Waals surface area (Å²) in [6.45, 7) is 0. The monoisotopic (exact) mass is 328 g/mol. The molecule has 0 N–H and O–H groups in total. The summed E-state index contributed by atoms with van der Waals surface area (Å²) in [4.78, 5) is 19.6. The molecule has 0 aliphatic carbocycles. The standard InChI is InChI=1S/C13H7F3N2O5/c14-13(15,16)9-7-8(5-6-10(9)17(19)20)23-12-4-2-1-3-11(12)18(21)22/h1-7H. The van der Waals surface area contributed by atoms with E-state index in [4.69, 9.17) is 4.74 Å². The van der Waals surface area contributed by atoms with Crippen LogP contribution in [-0.2, 0) is 6.18 Å². The summed E-state index contributed by atoms with van der Waals surface area (Å²) in [5, 5.41) is 21.5. The van der Waals surface area contributed by atoms with Gasteiger partial charge in [0.25, 0.3) is 5.69 Å². The number of halogens is 3. The summed E-state index contributed by atoms with van der Waals surface area (Å²) >= 11 is 0. The first-order valence-corrected chi connectivity index (χ1v) is 5.97. The highest BCUT2D eigenvalue weighted by Gasteiger charge is 2.38. The minimum Gasteiger partial charge on any atom is -0.450 e. The molecule has 0 bridgehead atoms. The quantitative estimate of drug-likeness (QED) is 0.615. The Balaban J connectivity index is 2.47. The number of para-hydroxylation sites is 2. The zero-order chi connectivity index (χ0) is 17.2. The van der Waals surface area contributed by atoms with Gasteiger partial charge in [-0.2, -0.15) is 13.2 Å². The van der Waals surface area contributed by atoms with Crippen molar-refractivity contribution in [1.82, 2.24) is 0 Å². The second-order valence-electron chi connectivity index (χ2n) is 4.26. The minimum atomic E-state index is -4.97. The van der Waals surface area contributed by atoms with Crippen molar-refractivity contribution in [1.29, 1.82) is 0 Å². The number of nitrogens with zero attached hydrogens (tertiary/aromatic N) is 2. The van der Waals surface area contributed by atoms with Crippen LogP contribution in [0.25, 0.3) is 0 Å². The Morgan fingerprint density at radius 1 is 0.913 bits per heavy atom. The fourth-order valence-electron chi connectivity index (χ4n) is 1.79. The molecule has 0 saturated carbocycles. The van der Waals surface area contributed by atoms with Gasteiger partial charge in [0.05, 0.1) is 9.85 Å². The Morgan fingerprint density at radius 2 is 1.52 bits per heavy atom. The van der Waals surface area contributed by atoms with Gasteiger partial charge in [0, 0.05) is 12.1 Å². The largest absolute Gasteiger partial charge is 0.450 e. The smallest absolute Gasteiger partial charge is 0.423 e. The maximum Gasteiger partial charge on any atom is 0.423 e. The van der Waals surface area contributed by atoms with E-state index >= 15 is 0 Å². The number of hydrogen-bond acceptors (Lipinski definition) is 5. The molecule has 2 aromatic rings. The summed E-state index contributed by atoms with van der Waals surface area (Å²) in [7, 11) is 0. The second kappa shape index (κ2) is 5.91. The molecule has 0 aromatic heterocycles. The van der Waals surface area contributed by atoms with Crippen LogP contribution in [0.5, 0.6) is 11.5 Å². The Morgan fingerprint density at radius 3 is 2.09 bits per heavy atom. The maximum atomic E-state index is 12.9. The molecule has 120 valence electrons. The van der Waals surface area contributed by atoms with E-state index in [-0.39, 0.29) is 5.75 Å². The molecule has 10 heteroatoms. The highest BCUT2D eigenvalue weighted by atomic mass is 19.4. The van der Waals surface area contributed by atoms with Crippen LogP contribution in [0.4, 0.5) is 24.5 Å². The predicted molar refractivity (Wildman–Crippen MR) is 71.3 cm³/mol. The van der Waals surface area contributed by atoms with Gasteiger partial charge in [0.15, 0.2) is 0 Å². The van der Waals surface area contributed by atoms with Crippen LogP contribution in [0.1, 0.15) is 5.56 Å². The number of alkyl halides is 3. The molecule has 0 heterocycles. The maximum absolute atomic E-state index is 12.9. The molecule has 0 aliphatic rings. The molecule has 0 radical (unpaired) electrons. The molecule has 0 atom stereocenters. The lowest BCUT2D eigenvalue weighted by Crippen LogP contribution is -2.09. The third-order valence-corrected chi connectivity index (χ3v) is 2.76. The SMILES string of the molecule is O=[N+]([O-])c1ccccc1Oc1ccc([N+](=O)[O-])c(C(F)(F)F)c1. The van der Waals surface area contributed by atoms with Gasteiger partial charge in [-0.05, 0) is 18.2 Å². The summed E-state index contributed by atoms with van der Waals surface area (Å²) in [5.74, 6) is -0.684. The van der Waals surface area contributed by atoms with Gasteiger partial charge in [-0.25, -0.2) is 0 Å². The first-order valence-electron chi connectivity index (χ1n) is 5.97. The first kappa shape index (κ1) is 16.2. The molecule has 0 spiro atoms. The van der Waals surface area contributed by atoms with Gasteiger partial charge in [-0.15, -0.1) is 0 Å². The lowest BCUT2D eigenvalue weighted by molar-refractivity contribution is -0.388. The van der Waals surface area contributed by atoms with Crippen molar-refractivity contribution < 1.29 is 27.8 Å². The molecule has 2 rings (SSSR count). The molecule has 7 nitrogen and oxygen atoms in total. The van der Waals surface area contributed by atoms with E-state index in [1.54, 1.807) is 0 Å². The summed E-state index contributed by atoms with van der Waals surface area (Å²) in [6, 6.07) is 7.07. The molecule has 23 heavy (non-hydrogen) atoms. The molecular weight excluding hydrogens is 321 g/mol. The number of rotatable bonds is 4. The van der Waals surface area contributed by atoms with Crippen LogP contribution in [0.3, 0.4) is 0 Å². The van der Waals surface area contributed by atoms with Crippen LogP contribution in [0.15, 0.2) is 42.5 Å². The minimum absolute atomic E-state index is 0.278. The van der Waals surface area contributed by atoms with Crippen molar-refractivity contribution in [3.05, 3.63) is 68.3 Å². The Kier molecular flexibility index (Phi) is 4.16. The zero-order valence-electron chi connectivity index (χ0n) is 11.1. The van der Waals surface area contributed by atoms with Crippen LogP contribution in [0, 0.1) is 20.2 Å². The normalized spacial score (nSPS) is 11.1. The van der Waals surface area contributed by atoms with Gasteiger partial charge in [-0.1, -0.05) is 12.1 Å². The molecule has 2 aromatic carbocycles. The van der Waals surface area contributed by atoms with E-state index in [0.29, 0.717) is 12.1 Å². The van der Waals surface area contributed by atoms with Crippen molar-refractivity contribution in [3.63, 3.8) is 0 Å². The molecular formula is C13H7F3N2O5. The van der Waals surface area contributed by atoms with E-state index < -0.39 is 38.7 Å². The van der Waals surface area contributed by atoms with E-state index in [1.807, 2.05) is 0 Å². The van der Waals surface area contributed by atoms with Gasteiger partial charge in [0.1, 0.15) is 11.3 Å². The molecule has 0 fully saturated rings. The highest BCUT2D eigenvalue weighted by molar-refractivity contribution is 5.51. The van der Waals surface area contributed by atoms with Crippen molar-refractivity contribution in [2.75, 3.05) is 0 Å². The Hall–Kier alpha value is -3.17. The fourth-order valence-corrected chi connectivity index (χ4v) is 1.79. The van der Waals surface area contributed by atoms with E-state index in [0.717, 1.165) is 12.1 Å². The fraction of sp³-hybridized carbons (Fsp3) is 0.0769. The van der Waals surface area contributed by atoms with Gasteiger partial charge in [0.2, 0.25) is 5.75 Å². The summed E-state index contributed by atoms with van der Waals surface area (Å²) in [5.41, 5.74) is -3.08. The molecule has 0 unspecified atom stereocenters. The Bertz CT molecular complexity index is 776. The van der Waals surface area contributed by atoms with Crippen LogP contribution in [0.2, 0.25) is 0 Å². The highest BCUT2D eigenvalue weighted by Crippen LogP contribution is 2.40. The van der Waals surface area contributed by atoms with Gasteiger partial charge < -0.3 is 4.74 Å². The number of nitro groups is 2. The lowest BCUT2D eigenvalue weighted by Gasteiger charge is -2.10. The van der Waals surface area contributed by atoms with E-state index in [2.05, 4.69) is 0 Å². The van der Waals surface area contributed by atoms with Crippen LogP contribution in [-0.4, -0.2) is 9.85 Å². The van der Waals surface area contributed by atoms with Gasteiger partial charge >= 0.3 is 11.9 Å². The van der Waals surface area contributed by atoms with Crippen molar-refractivity contribution in [2.45, 2.75) is 6.18 Å². The third kappa shape index (κ3) is 3.54. The third-order valence-electron chi connectivity index (χ3n) is 2.76. The van der Waals surface area contributed by atoms with Crippen LogP contribution < -0.4 is 4.74 Å². The number of ether oxygens (including phenoxy) is 1. The predicted octanol–water partition coefficient (Wildman–Crippen LogP) is 4.31. The van der Waals surface area contributed by atoms with Gasteiger partial charge in [-0.3, -0.25) is 20.2 Å². The average molecular weight is 328 g/mol. The topological polar surface area (TPSA) is 95.5 Å². The van der Waals surface area contributed by atoms with Crippen molar-refractivity contribution in [3.8, 4) is 11.5 Å². The first-order chi connectivity index (χ1) is 10.7. The molecule has 0 saturated heterocycles. The van der Waals surface area contributed by atoms with Crippen molar-refractivity contribution in [2.24, 2.45) is 0 Å². The number of hydrogen-bond donors (Lipinski definition) is 0. The van der Waals surface area contributed by atoms with E-state index in [9.17, 15) is 33.4 Å².